The summed E-state index contributed by atoms with van der Waals surface area (Å²) < 4.78 is 27.4. The third-order valence-corrected chi connectivity index (χ3v) is 7.19. The van der Waals surface area contributed by atoms with E-state index in [4.69, 9.17) is 12.2 Å². The third-order valence-electron chi connectivity index (χ3n) is 4.42. The normalized spacial score (nSPS) is 14.6. The average molecular weight is 482 g/mol. The molecule has 1 aliphatic rings. The topological polar surface area (TPSA) is 78.5 Å². The van der Waals surface area contributed by atoms with Crippen molar-refractivity contribution in [3.8, 4) is 0 Å². The Morgan fingerprint density at radius 2 is 1.75 bits per heavy atom. The van der Waals surface area contributed by atoms with Gasteiger partial charge in [0, 0.05) is 23.1 Å². The van der Waals surface area contributed by atoms with Gasteiger partial charge in [-0.25, -0.2) is 8.42 Å². The first-order valence-electron chi connectivity index (χ1n) is 8.76. The third kappa shape index (κ3) is 4.78. The van der Waals surface area contributed by atoms with Gasteiger partial charge >= 0.3 is 0 Å². The van der Waals surface area contributed by atoms with Crippen LogP contribution >= 0.6 is 28.1 Å². The van der Waals surface area contributed by atoms with Gasteiger partial charge in [-0.15, -0.1) is 0 Å². The Bertz CT molecular complexity index is 1000. The number of aryl methyl sites for hydroxylation is 1. The number of anilines is 1. The van der Waals surface area contributed by atoms with Crippen molar-refractivity contribution in [2.75, 3.05) is 18.4 Å². The van der Waals surface area contributed by atoms with Crippen LogP contribution in [0.3, 0.4) is 0 Å². The predicted molar refractivity (Wildman–Crippen MR) is 117 cm³/mol. The van der Waals surface area contributed by atoms with Crippen molar-refractivity contribution >= 4 is 54.9 Å². The molecule has 1 heterocycles. The minimum Gasteiger partial charge on any atom is -0.331 e. The number of hydrogen-bond acceptors (Lipinski definition) is 4. The van der Waals surface area contributed by atoms with Crippen LogP contribution in [0.5, 0.6) is 0 Å². The number of hydrogen-bond donors (Lipinski definition) is 2. The summed E-state index contributed by atoms with van der Waals surface area (Å²) in [5.41, 5.74) is 2.16. The van der Waals surface area contributed by atoms with Gasteiger partial charge < -0.3 is 5.32 Å². The molecule has 2 N–H and O–H groups in total. The van der Waals surface area contributed by atoms with E-state index in [2.05, 4.69) is 26.6 Å². The maximum Gasteiger partial charge on any atom is 0.257 e. The number of sulfonamides is 1. The summed E-state index contributed by atoms with van der Waals surface area (Å²) in [6.07, 6.45) is 1.75. The SMILES string of the molecule is Cc1ccc(NC(=S)NC(=O)c2ccc(S(=O)(=O)N3CCCC3)cc2)c(Br)c1. The van der Waals surface area contributed by atoms with Crippen molar-refractivity contribution in [3.05, 3.63) is 58.1 Å². The molecule has 1 saturated heterocycles. The van der Waals surface area contributed by atoms with Gasteiger partial charge in [-0.3, -0.25) is 10.1 Å². The fourth-order valence-corrected chi connectivity index (χ4v) is 5.22. The summed E-state index contributed by atoms with van der Waals surface area (Å²) in [6.45, 7) is 3.06. The molecule has 0 unspecified atom stereocenters. The number of thiocarbonyl (C=S) groups is 1. The quantitative estimate of drug-likeness (QED) is 0.651. The lowest BCUT2D eigenvalue weighted by molar-refractivity contribution is 0.0977. The highest BCUT2D eigenvalue weighted by atomic mass is 79.9. The van der Waals surface area contributed by atoms with Crippen LogP contribution in [0.25, 0.3) is 0 Å². The van der Waals surface area contributed by atoms with E-state index in [1.165, 1.54) is 28.6 Å². The molecule has 2 aromatic rings. The Labute approximate surface area is 178 Å². The molecule has 0 bridgehead atoms. The minimum absolute atomic E-state index is 0.156. The highest BCUT2D eigenvalue weighted by Gasteiger charge is 2.27. The van der Waals surface area contributed by atoms with Crippen LogP contribution in [-0.4, -0.2) is 36.8 Å². The molecular formula is C19H20BrN3O3S2. The second kappa shape index (κ2) is 8.69. The largest absolute Gasteiger partial charge is 0.331 e. The molecule has 148 valence electrons. The molecule has 0 aliphatic carbocycles. The van der Waals surface area contributed by atoms with E-state index in [1.54, 1.807) is 0 Å². The summed E-state index contributed by atoms with van der Waals surface area (Å²) in [5.74, 6) is -0.411. The van der Waals surface area contributed by atoms with Gasteiger partial charge in [0.05, 0.1) is 10.6 Å². The fraction of sp³-hybridized carbons (Fsp3) is 0.263. The number of amides is 1. The highest BCUT2D eigenvalue weighted by Crippen LogP contribution is 2.23. The first kappa shape index (κ1) is 20.9. The number of halogens is 1. The smallest absolute Gasteiger partial charge is 0.257 e. The van der Waals surface area contributed by atoms with Gasteiger partial charge in [-0.1, -0.05) is 6.07 Å². The van der Waals surface area contributed by atoms with Gasteiger partial charge in [0.25, 0.3) is 5.91 Å². The number of rotatable bonds is 4. The Balaban J connectivity index is 1.65. The van der Waals surface area contributed by atoms with E-state index in [-0.39, 0.29) is 10.0 Å². The molecule has 1 fully saturated rings. The highest BCUT2D eigenvalue weighted by molar-refractivity contribution is 9.10. The predicted octanol–water partition coefficient (Wildman–Crippen LogP) is 3.67. The van der Waals surface area contributed by atoms with E-state index >= 15 is 0 Å². The molecule has 9 heteroatoms. The Morgan fingerprint density at radius 3 is 2.36 bits per heavy atom. The zero-order valence-electron chi connectivity index (χ0n) is 15.2. The number of carbonyl (C=O) groups is 1. The standard InChI is InChI=1S/C19H20BrN3O3S2/c1-13-4-9-17(16(20)12-13)21-19(27)22-18(24)14-5-7-15(8-6-14)28(25,26)23-10-2-3-11-23/h4-9,12H,2-3,10-11H2,1H3,(H2,21,22,24,27). The number of carbonyl (C=O) groups excluding carboxylic acids is 1. The van der Waals surface area contributed by atoms with Crippen molar-refractivity contribution in [1.82, 2.24) is 9.62 Å². The molecule has 0 aromatic heterocycles. The van der Waals surface area contributed by atoms with Crippen LogP contribution in [0.4, 0.5) is 5.69 Å². The molecular weight excluding hydrogens is 462 g/mol. The molecule has 0 saturated carbocycles. The van der Waals surface area contributed by atoms with Crippen LogP contribution in [-0.2, 0) is 10.0 Å². The van der Waals surface area contributed by atoms with Crippen LogP contribution < -0.4 is 10.6 Å². The van der Waals surface area contributed by atoms with Crippen LogP contribution in [0.1, 0.15) is 28.8 Å². The van der Waals surface area contributed by atoms with Crippen molar-refractivity contribution in [1.29, 1.82) is 0 Å². The lowest BCUT2D eigenvalue weighted by Gasteiger charge is -2.15. The molecule has 1 amide bonds. The number of nitrogens with one attached hydrogen (secondary N) is 2. The van der Waals surface area contributed by atoms with Crippen molar-refractivity contribution < 1.29 is 13.2 Å². The summed E-state index contributed by atoms with van der Waals surface area (Å²) in [7, 11) is -3.49. The average Bonchev–Trinajstić information content (AvgIpc) is 3.20. The molecule has 6 nitrogen and oxygen atoms in total. The number of nitrogens with zero attached hydrogens (tertiary/aromatic N) is 1. The Morgan fingerprint density at radius 1 is 1.11 bits per heavy atom. The van der Waals surface area contributed by atoms with Crippen LogP contribution in [0.15, 0.2) is 51.8 Å². The van der Waals surface area contributed by atoms with Gasteiger partial charge in [-0.2, -0.15) is 4.31 Å². The maximum absolute atomic E-state index is 12.5. The van der Waals surface area contributed by atoms with E-state index < -0.39 is 15.9 Å². The summed E-state index contributed by atoms with van der Waals surface area (Å²) in [6, 6.07) is 11.6. The number of benzene rings is 2. The van der Waals surface area contributed by atoms with E-state index in [1.807, 2.05) is 25.1 Å². The van der Waals surface area contributed by atoms with Crippen molar-refractivity contribution in [2.24, 2.45) is 0 Å². The summed E-state index contributed by atoms with van der Waals surface area (Å²) >= 11 is 8.64. The second-order valence-corrected chi connectivity index (χ2v) is 9.73. The van der Waals surface area contributed by atoms with Gasteiger partial charge in [0.2, 0.25) is 10.0 Å². The van der Waals surface area contributed by atoms with E-state index in [0.717, 1.165) is 28.6 Å². The summed E-state index contributed by atoms with van der Waals surface area (Å²) in [4.78, 5) is 12.6. The van der Waals surface area contributed by atoms with Crippen molar-refractivity contribution in [2.45, 2.75) is 24.7 Å². The molecule has 0 atom stereocenters. The fourth-order valence-electron chi connectivity index (χ4n) is 2.91. The van der Waals surface area contributed by atoms with E-state index in [0.29, 0.717) is 18.7 Å². The monoisotopic (exact) mass is 481 g/mol. The minimum atomic E-state index is -3.49. The van der Waals surface area contributed by atoms with Gasteiger partial charge in [0.1, 0.15) is 0 Å². The molecule has 28 heavy (non-hydrogen) atoms. The van der Waals surface area contributed by atoms with Crippen LogP contribution in [0.2, 0.25) is 0 Å². The maximum atomic E-state index is 12.5. The molecule has 0 radical (unpaired) electrons. The van der Waals surface area contributed by atoms with Crippen LogP contribution in [0, 0.1) is 6.92 Å². The Kier molecular flexibility index (Phi) is 6.49. The molecule has 3 rings (SSSR count). The molecule has 0 spiro atoms. The van der Waals surface area contributed by atoms with Crippen molar-refractivity contribution in [3.63, 3.8) is 0 Å². The van der Waals surface area contributed by atoms with E-state index in [9.17, 15) is 13.2 Å². The first-order valence-corrected chi connectivity index (χ1v) is 11.4. The second-order valence-electron chi connectivity index (χ2n) is 6.53. The lowest BCUT2D eigenvalue weighted by Crippen LogP contribution is -2.34. The zero-order valence-corrected chi connectivity index (χ0v) is 18.5. The Hall–Kier alpha value is -1.81. The zero-order chi connectivity index (χ0) is 20.3. The lowest BCUT2D eigenvalue weighted by atomic mass is 10.2. The van der Waals surface area contributed by atoms with Gasteiger partial charge in [0.15, 0.2) is 5.11 Å². The molecule has 1 aliphatic heterocycles. The van der Waals surface area contributed by atoms with Gasteiger partial charge in [-0.05, 0) is 89.9 Å². The molecule has 2 aromatic carbocycles. The first-order chi connectivity index (χ1) is 13.3. The summed E-state index contributed by atoms with van der Waals surface area (Å²) in [5, 5.41) is 5.72.